The summed E-state index contributed by atoms with van der Waals surface area (Å²) in [6.45, 7) is -0.101. The molecule has 9 nitrogen and oxygen atoms in total. The first-order valence-electron chi connectivity index (χ1n) is 9.56. The number of carbonyl (C=O) groups is 1. The van der Waals surface area contributed by atoms with Crippen LogP contribution < -0.4 is 10.8 Å². The lowest BCUT2D eigenvalue weighted by Gasteiger charge is -2.09. The zero-order chi connectivity index (χ0) is 23.4. The lowest BCUT2D eigenvalue weighted by molar-refractivity contribution is -0.384. The van der Waals surface area contributed by atoms with E-state index in [9.17, 15) is 19.3 Å². The van der Waals surface area contributed by atoms with E-state index in [4.69, 9.17) is 16.4 Å². The first kappa shape index (κ1) is 21.9. The molecule has 1 heterocycles. The Hall–Kier alpha value is -4.31. The number of anilines is 1. The molecule has 0 fully saturated rings. The third-order valence-corrected chi connectivity index (χ3v) is 4.79. The molecule has 1 aliphatic rings. The van der Waals surface area contributed by atoms with Gasteiger partial charge in [0.25, 0.3) is 5.69 Å². The van der Waals surface area contributed by atoms with Crippen LogP contribution in [-0.2, 0) is 4.84 Å². The fraction of sp³-hybridized carbons (Fsp3) is 0.0455. The smallest absolute Gasteiger partial charge is 0.323 e. The van der Waals surface area contributed by atoms with Gasteiger partial charge in [0.15, 0.2) is 5.84 Å². The van der Waals surface area contributed by atoms with Crippen molar-refractivity contribution in [2.24, 2.45) is 9.98 Å². The molecule has 0 unspecified atom stereocenters. The van der Waals surface area contributed by atoms with Gasteiger partial charge < -0.3 is 4.84 Å². The number of amides is 1. The highest BCUT2D eigenvalue weighted by molar-refractivity contribution is 6.30. The molecule has 0 saturated carbocycles. The number of fused-ring (bicyclic) bond motifs is 1. The molecule has 3 aromatic rings. The van der Waals surface area contributed by atoms with Crippen molar-refractivity contribution >= 4 is 46.3 Å². The van der Waals surface area contributed by atoms with Crippen LogP contribution in [0.25, 0.3) is 0 Å². The van der Waals surface area contributed by atoms with Gasteiger partial charge in [0, 0.05) is 34.0 Å². The first-order valence-corrected chi connectivity index (χ1v) is 9.93. The topological polar surface area (TPSA) is 118 Å². The molecule has 0 spiro atoms. The average molecular weight is 468 g/mol. The van der Waals surface area contributed by atoms with Gasteiger partial charge in [0.1, 0.15) is 12.4 Å². The zero-order valence-corrected chi connectivity index (χ0v) is 17.5. The minimum Gasteiger partial charge on any atom is -0.323 e. The van der Waals surface area contributed by atoms with Crippen molar-refractivity contribution in [1.29, 1.82) is 0 Å². The van der Waals surface area contributed by atoms with Crippen LogP contribution in [0.3, 0.4) is 0 Å². The number of benzene rings is 3. The first-order chi connectivity index (χ1) is 15.9. The van der Waals surface area contributed by atoms with Gasteiger partial charge in [-0.05, 0) is 36.4 Å². The number of aliphatic imine (C=N–C) groups is 2. The van der Waals surface area contributed by atoms with E-state index in [1.165, 1.54) is 36.4 Å². The molecule has 0 aromatic heterocycles. The van der Waals surface area contributed by atoms with Crippen LogP contribution in [0.15, 0.2) is 76.7 Å². The molecule has 1 aliphatic heterocycles. The predicted molar refractivity (Wildman–Crippen MR) is 122 cm³/mol. The highest BCUT2D eigenvalue weighted by atomic mass is 35.5. The van der Waals surface area contributed by atoms with Crippen LogP contribution in [0.5, 0.6) is 0 Å². The standard InChI is InChI=1S/C22H15ClFN5O4/c23-13-4-3-5-14(10-13)26-22(30)33-28-20-12-25-21(16-6-1-2-7-18(16)24)17-11-15(29(31)32)8-9-19(17)27-20/h1-11H,12H2,(H,26,30)(H,27,28). The highest BCUT2D eigenvalue weighted by Gasteiger charge is 2.22. The highest BCUT2D eigenvalue weighted by Crippen LogP contribution is 2.30. The molecule has 166 valence electrons. The number of carbonyl (C=O) groups excluding carboxylic acids is 1. The van der Waals surface area contributed by atoms with Crippen molar-refractivity contribution in [1.82, 2.24) is 5.48 Å². The third-order valence-electron chi connectivity index (χ3n) is 4.55. The monoisotopic (exact) mass is 467 g/mol. The quantitative estimate of drug-likeness (QED) is 0.414. The number of nitro benzene ring substituents is 1. The third kappa shape index (κ3) is 5.13. The lowest BCUT2D eigenvalue weighted by atomic mass is 9.99. The molecule has 2 N–H and O–H groups in total. The predicted octanol–water partition coefficient (Wildman–Crippen LogP) is 5.02. The Labute approximate surface area is 191 Å². The fourth-order valence-corrected chi connectivity index (χ4v) is 3.29. The molecule has 4 rings (SSSR count). The van der Waals surface area contributed by atoms with Crippen molar-refractivity contribution in [2.45, 2.75) is 0 Å². The Morgan fingerprint density at radius 3 is 2.67 bits per heavy atom. The summed E-state index contributed by atoms with van der Waals surface area (Å²) in [7, 11) is 0. The fourth-order valence-electron chi connectivity index (χ4n) is 3.10. The molecular weight excluding hydrogens is 453 g/mol. The summed E-state index contributed by atoms with van der Waals surface area (Å²) in [6, 6.07) is 16.4. The molecule has 0 atom stereocenters. The van der Waals surface area contributed by atoms with E-state index < -0.39 is 16.8 Å². The van der Waals surface area contributed by atoms with Gasteiger partial charge in [0.05, 0.1) is 16.3 Å². The molecule has 1 amide bonds. The molecule has 0 bridgehead atoms. The van der Waals surface area contributed by atoms with Gasteiger partial charge in [-0.1, -0.05) is 29.8 Å². The van der Waals surface area contributed by atoms with Crippen LogP contribution in [-0.4, -0.2) is 29.1 Å². The lowest BCUT2D eigenvalue weighted by Crippen LogP contribution is -2.31. The summed E-state index contributed by atoms with van der Waals surface area (Å²) in [5.74, 6) is -0.403. The average Bonchev–Trinajstić information content (AvgIpc) is 2.97. The number of amidine groups is 1. The van der Waals surface area contributed by atoms with E-state index in [-0.39, 0.29) is 34.9 Å². The Bertz CT molecular complexity index is 1310. The summed E-state index contributed by atoms with van der Waals surface area (Å²) in [5.41, 5.74) is 3.58. The Morgan fingerprint density at radius 2 is 1.91 bits per heavy atom. The largest absolute Gasteiger partial charge is 0.435 e. The molecule has 0 aliphatic carbocycles. The summed E-state index contributed by atoms with van der Waals surface area (Å²) in [6.07, 6.45) is -0.827. The van der Waals surface area contributed by atoms with Crippen molar-refractivity contribution < 1.29 is 18.9 Å². The zero-order valence-electron chi connectivity index (χ0n) is 16.8. The molecule has 3 aromatic carbocycles. The van der Waals surface area contributed by atoms with Gasteiger partial charge in [-0.15, -0.1) is 0 Å². The summed E-state index contributed by atoms with van der Waals surface area (Å²) in [5, 5.41) is 14.2. The number of hydroxylamine groups is 1. The molecular formula is C22H15ClFN5O4. The van der Waals surface area contributed by atoms with Crippen LogP contribution in [0, 0.1) is 15.9 Å². The number of nitrogens with one attached hydrogen (secondary N) is 2. The minimum atomic E-state index is -0.827. The summed E-state index contributed by atoms with van der Waals surface area (Å²) >= 11 is 5.89. The second-order valence-corrected chi connectivity index (χ2v) is 7.23. The normalized spacial score (nSPS) is 12.5. The van der Waals surface area contributed by atoms with E-state index >= 15 is 0 Å². The van der Waals surface area contributed by atoms with Gasteiger partial charge in [-0.3, -0.25) is 20.4 Å². The van der Waals surface area contributed by atoms with Crippen LogP contribution in [0.2, 0.25) is 5.02 Å². The van der Waals surface area contributed by atoms with Crippen LogP contribution >= 0.6 is 11.6 Å². The van der Waals surface area contributed by atoms with E-state index in [1.807, 2.05) is 0 Å². The summed E-state index contributed by atoms with van der Waals surface area (Å²) in [4.78, 5) is 36.5. The minimum absolute atomic E-state index is 0.101. The second-order valence-electron chi connectivity index (χ2n) is 6.79. The number of non-ortho nitro benzene ring substituents is 1. The van der Waals surface area contributed by atoms with Crippen molar-refractivity contribution in [3.05, 3.63) is 98.8 Å². The van der Waals surface area contributed by atoms with Gasteiger partial charge in [-0.25, -0.2) is 19.7 Å². The molecule has 0 saturated heterocycles. The maximum Gasteiger partial charge on any atom is 0.435 e. The van der Waals surface area contributed by atoms with Crippen molar-refractivity contribution in [3.8, 4) is 0 Å². The molecule has 11 heteroatoms. The van der Waals surface area contributed by atoms with Gasteiger partial charge in [0.2, 0.25) is 0 Å². The number of halogens is 2. The number of nitro groups is 1. The van der Waals surface area contributed by atoms with E-state index in [0.29, 0.717) is 16.4 Å². The van der Waals surface area contributed by atoms with E-state index in [2.05, 4.69) is 20.8 Å². The Balaban J connectivity index is 1.60. The second kappa shape index (κ2) is 9.45. The molecule has 33 heavy (non-hydrogen) atoms. The maximum absolute atomic E-state index is 14.5. The van der Waals surface area contributed by atoms with Crippen LogP contribution in [0.1, 0.15) is 11.1 Å². The van der Waals surface area contributed by atoms with Gasteiger partial charge in [-0.2, -0.15) is 0 Å². The Morgan fingerprint density at radius 1 is 1.09 bits per heavy atom. The number of rotatable bonds is 3. The number of nitrogens with zero attached hydrogens (tertiary/aromatic N) is 3. The maximum atomic E-state index is 14.5. The van der Waals surface area contributed by atoms with Crippen LogP contribution in [0.4, 0.5) is 26.2 Å². The van der Waals surface area contributed by atoms with E-state index in [1.54, 1.807) is 30.3 Å². The number of hydrogen-bond acceptors (Lipinski definition) is 7. The van der Waals surface area contributed by atoms with Crippen molar-refractivity contribution in [3.63, 3.8) is 0 Å². The molecule has 0 radical (unpaired) electrons. The SMILES string of the molecule is O=C(Nc1cccc(Cl)c1)ONC1=Nc2ccc([N+](=O)[O-])cc2C(c2ccccc2F)=NC1. The van der Waals surface area contributed by atoms with Gasteiger partial charge >= 0.3 is 6.09 Å². The van der Waals surface area contributed by atoms with Crippen molar-refractivity contribution in [2.75, 3.05) is 11.9 Å². The van der Waals surface area contributed by atoms with E-state index in [0.717, 1.165) is 0 Å². The number of hydrogen-bond donors (Lipinski definition) is 2. The summed E-state index contributed by atoms with van der Waals surface area (Å²) < 4.78 is 14.5. The Kier molecular flexibility index (Phi) is 6.27.